The first-order valence-corrected chi connectivity index (χ1v) is 5.64. The minimum absolute atomic E-state index is 0.335. The summed E-state index contributed by atoms with van der Waals surface area (Å²) in [5.41, 5.74) is 6.73. The Kier molecular flexibility index (Phi) is 2.68. The highest BCUT2D eigenvalue weighted by Crippen LogP contribution is 2.24. The average Bonchev–Trinajstić information content (AvgIpc) is 2.89. The van der Waals surface area contributed by atoms with Crippen LogP contribution in [-0.2, 0) is 0 Å². The monoisotopic (exact) mass is 255 g/mol. The molecule has 0 radical (unpaired) electrons. The molecule has 0 fully saturated rings. The molecule has 3 aromatic rings. The lowest BCUT2D eigenvalue weighted by Crippen LogP contribution is -1.94. The number of hydrogen-bond acceptors (Lipinski definition) is 4. The predicted octanol–water partition coefficient (Wildman–Crippen LogP) is 2.25. The summed E-state index contributed by atoms with van der Waals surface area (Å²) in [6.45, 7) is 0. The number of nitrogen functional groups attached to an aromatic ring is 1. The zero-order chi connectivity index (χ0) is 13.2. The minimum Gasteiger partial charge on any atom is -0.383 e. The van der Waals surface area contributed by atoms with Crippen LogP contribution in [0.5, 0.6) is 0 Å². The quantitative estimate of drug-likeness (QED) is 0.736. The molecular formula is C13H10FN5. The molecule has 0 saturated heterocycles. The van der Waals surface area contributed by atoms with Crippen LogP contribution in [0.25, 0.3) is 22.8 Å². The average molecular weight is 255 g/mol. The molecule has 0 spiro atoms. The van der Waals surface area contributed by atoms with Crippen molar-refractivity contribution < 1.29 is 4.39 Å². The number of aromatic amines is 1. The maximum Gasteiger partial charge on any atom is 0.185 e. The van der Waals surface area contributed by atoms with E-state index in [-0.39, 0.29) is 5.82 Å². The molecule has 0 aliphatic heterocycles. The first kappa shape index (κ1) is 11.3. The molecule has 1 aromatic carbocycles. The van der Waals surface area contributed by atoms with Crippen LogP contribution in [-0.4, -0.2) is 20.2 Å². The molecular weight excluding hydrogens is 245 g/mol. The lowest BCUT2D eigenvalue weighted by atomic mass is 10.2. The predicted molar refractivity (Wildman–Crippen MR) is 69.4 cm³/mol. The fraction of sp³-hybridized carbons (Fsp3) is 0. The molecule has 19 heavy (non-hydrogen) atoms. The van der Waals surface area contributed by atoms with Crippen molar-refractivity contribution >= 4 is 5.82 Å². The topological polar surface area (TPSA) is 80.5 Å². The van der Waals surface area contributed by atoms with E-state index in [0.29, 0.717) is 28.6 Å². The van der Waals surface area contributed by atoms with Gasteiger partial charge < -0.3 is 5.73 Å². The Hall–Kier alpha value is -2.76. The number of nitrogens with zero attached hydrogens (tertiary/aromatic N) is 3. The molecule has 2 aromatic heterocycles. The van der Waals surface area contributed by atoms with Gasteiger partial charge in [-0.25, -0.2) is 14.4 Å². The molecule has 94 valence electrons. The van der Waals surface area contributed by atoms with Crippen LogP contribution in [0.1, 0.15) is 0 Å². The van der Waals surface area contributed by atoms with Gasteiger partial charge in [0, 0.05) is 6.20 Å². The second-order valence-electron chi connectivity index (χ2n) is 3.92. The highest BCUT2D eigenvalue weighted by molar-refractivity contribution is 5.69. The maximum absolute atomic E-state index is 13.6. The number of rotatable bonds is 2. The van der Waals surface area contributed by atoms with E-state index < -0.39 is 0 Å². The number of H-pyrrole nitrogens is 1. The first-order chi connectivity index (χ1) is 9.25. The SMILES string of the molecule is Nc1ncccc1-c1n[nH]c(-c2ccccc2F)n1. The highest BCUT2D eigenvalue weighted by Gasteiger charge is 2.12. The van der Waals surface area contributed by atoms with Gasteiger partial charge >= 0.3 is 0 Å². The standard InChI is InChI=1S/C13H10FN5/c14-10-6-2-1-4-8(10)12-17-13(19-18-12)9-5-3-7-16-11(9)15/h1-7H,(H2,15,16)(H,17,18,19). The van der Waals surface area contributed by atoms with Gasteiger partial charge in [-0.2, -0.15) is 5.10 Å². The van der Waals surface area contributed by atoms with E-state index in [1.165, 1.54) is 6.07 Å². The van der Waals surface area contributed by atoms with E-state index in [1.807, 2.05) is 0 Å². The fourth-order valence-corrected chi connectivity index (χ4v) is 1.76. The number of pyridine rings is 1. The van der Waals surface area contributed by atoms with Crippen LogP contribution in [0.2, 0.25) is 0 Å². The lowest BCUT2D eigenvalue weighted by Gasteiger charge is -1.98. The molecule has 3 N–H and O–H groups in total. The zero-order valence-corrected chi connectivity index (χ0v) is 9.84. The smallest absolute Gasteiger partial charge is 0.185 e. The molecule has 0 aliphatic carbocycles. The van der Waals surface area contributed by atoms with Gasteiger partial charge in [-0.1, -0.05) is 12.1 Å². The molecule has 0 saturated carbocycles. The van der Waals surface area contributed by atoms with Crippen molar-refractivity contribution in [2.45, 2.75) is 0 Å². The molecule has 0 atom stereocenters. The molecule has 0 unspecified atom stereocenters. The third-order valence-corrected chi connectivity index (χ3v) is 2.69. The van der Waals surface area contributed by atoms with Gasteiger partial charge in [0.05, 0.1) is 11.1 Å². The van der Waals surface area contributed by atoms with Crippen molar-refractivity contribution in [2.75, 3.05) is 5.73 Å². The number of aromatic nitrogens is 4. The van der Waals surface area contributed by atoms with Gasteiger partial charge in [0.1, 0.15) is 11.6 Å². The van der Waals surface area contributed by atoms with Gasteiger partial charge in [-0.3, -0.25) is 5.10 Å². The molecule has 0 amide bonds. The summed E-state index contributed by atoms with van der Waals surface area (Å²) in [6, 6.07) is 9.86. The van der Waals surface area contributed by atoms with Gasteiger partial charge in [-0.15, -0.1) is 0 Å². The summed E-state index contributed by atoms with van der Waals surface area (Å²) in [6.07, 6.45) is 1.59. The molecule has 0 aliphatic rings. The Morgan fingerprint density at radius 2 is 1.84 bits per heavy atom. The molecule has 5 nitrogen and oxygen atoms in total. The van der Waals surface area contributed by atoms with Crippen LogP contribution in [0.3, 0.4) is 0 Å². The zero-order valence-electron chi connectivity index (χ0n) is 9.84. The van der Waals surface area contributed by atoms with Crippen LogP contribution < -0.4 is 5.73 Å². The Labute approximate surface area is 108 Å². The van der Waals surface area contributed by atoms with E-state index in [2.05, 4.69) is 20.2 Å². The Balaban J connectivity index is 2.06. The summed E-state index contributed by atoms with van der Waals surface area (Å²) < 4.78 is 13.6. The Morgan fingerprint density at radius 1 is 1.05 bits per heavy atom. The number of nitrogens with one attached hydrogen (secondary N) is 1. The lowest BCUT2D eigenvalue weighted by molar-refractivity contribution is 0.630. The second-order valence-corrected chi connectivity index (χ2v) is 3.92. The van der Waals surface area contributed by atoms with Gasteiger partial charge in [0.25, 0.3) is 0 Å². The highest BCUT2D eigenvalue weighted by atomic mass is 19.1. The molecule has 2 heterocycles. The van der Waals surface area contributed by atoms with Gasteiger partial charge in [0.2, 0.25) is 0 Å². The van der Waals surface area contributed by atoms with E-state index in [9.17, 15) is 4.39 Å². The van der Waals surface area contributed by atoms with Crippen LogP contribution in [0.15, 0.2) is 42.6 Å². The van der Waals surface area contributed by atoms with Crippen molar-refractivity contribution in [2.24, 2.45) is 0 Å². The van der Waals surface area contributed by atoms with E-state index in [1.54, 1.807) is 36.5 Å². The van der Waals surface area contributed by atoms with Crippen molar-refractivity contribution in [3.05, 3.63) is 48.4 Å². The van der Waals surface area contributed by atoms with Crippen molar-refractivity contribution in [1.29, 1.82) is 0 Å². The molecule has 0 bridgehead atoms. The van der Waals surface area contributed by atoms with Crippen molar-refractivity contribution in [3.8, 4) is 22.8 Å². The summed E-state index contributed by atoms with van der Waals surface area (Å²) >= 11 is 0. The van der Waals surface area contributed by atoms with Crippen LogP contribution in [0.4, 0.5) is 10.2 Å². The third-order valence-electron chi connectivity index (χ3n) is 2.69. The number of nitrogens with two attached hydrogens (primary N) is 1. The summed E-state index contributed by atoms with van der Waals surface area (Å²) in [4.78, 5) is 8.21. The number of hydrogen-bond donors (Lipinski definition) is 2. The minimum atomic E-state index is -0.357. The van der Waals surface area contributed by atoms with Crippen molar-refractivity contribution in [1.82, 2.24) is 20.2 Å². The number of halogens is 1. The van der Waals surface area contributed by atoms with Crippen LogP contribution >= 0.6 is 0 Å². The van der Waals surface area contributed by atoms with Gasteiger partial charge in [-0.05, 0) is 24.3 Å². The largest absolute Gasteiger partial charge is 0.383 e. The summed E-state index contributed by atoms with van der Waals surface area (Å²) in [7, 11) is 0. The van der Waals surface area contributed by atoms with Crippen LogP contribution in [0, 0.1) is 5.82 Å². The second kappa shape index (κ2) is 4.49. The molecule has 6 heteroatoms. The van der Waals surface area contributed by atoms with Crippen molar-refractivity contribution in [3.63, 3.8) is 0 Å². The normalized spacial score (nSPS) is 10.6. The number of benzene rings is 1. The van der Waals surface area contributed by atoms with Gasteiger partial charge in [0.15, 0.2) is 11.6 Å². The first-order valence-electron chi connectivity index (χ1n) is 5.64. The Bertz CT molecular complexity index is 662. The maximum atomic E-state index is 13.6. The van der Waals surface area contributed by atoms with E-state index in [0.717, 1.165) is 0 Å². The molecule has 3 rings (SSSR count). The van der Waals surface area contributed by atoms with E-state index >= 15 is 0 Å². The van der Waals surface area contributed by atoms with E-state index in [4.69, 9.17) is 5.73 Å². The summed E-state index contributed by atoms with van der Waals surface area (Å²) in [5, 5.41) is 6.75. The Morgan fingerprint density at radius 3 is 2.63 bits per heavy atom. The number of anilines is 1. The fourth-order valence-electron chi connectivity index (χ4n) is 1.76. The summed E-state index contributed by atoms with van der Waals surface area (Å²) in [5.74, 6) is 0.728. The third kappa shape index (κ3) is 2.03.